The van der Waals surface area contributed by atoms with Crippen molar-refractivity contribution in [3.63, 3.8) is 0 Å². The van der Waals surface area contributed by atoms with Crippen molar-refractivity contribution in [2.75, 3.05) is 0 Å². The fourth-order valence-electron chi connectivity index (χ4n) is 8.38. The molecule has 0 saturated carbocycles. The van der Waals surface area contributed by atoms with Crippen LogP contribution in [0.25, 0.3) is 106 Å². The standard InChI is InChI=1S/C52H36N4O/c1-33-12-10-17-40(30-33)56-45-20-9-8-18-41(45)43-31-38(26-28-46(43)56)39-27-29-47-44(32-39)49-42(19-11-21-48(49)57-47)52-54-50(36-15-6-3-7-16-36)53-51(55-52)37-24-22-35(23-25-37)34-13-4-2-5-14-34/h2-11,13-33H,12H2,1H3. The lowest BCUT2D eigenvalue weighted by Gasteiger charge is -2.15. The van der Waals surface area contributed by atoms with Gasteiger partial charge < -0.3 is 8.98 Å². The second kappa shape index (κ2) is 13.4. The SMILES string of the molecule is CC1C=C(n2c3ccccc3c3cc(-c4ccc5oc6cccc(-c7nc(-c8ccccc8)nc(-c8ccc(-c9ccccc9)cc8)n7)c6c5c4)ccc32)C=CC1. The van der Waals surface area contributed by atoms with E-state index in [9.17, 15) is 0 Å². The predicted molar refractivity (Wildman–Crippen MR) is 234 cm³/mol. The van der Waals surface area contributed by atoms with Crippen LogP contribution in [-0.4, -0.2) is 19.5 Å². The number of furan rings is 1. The average molecular weight is 733 g/mol. The Bertz CT molecular complexity index is 3210. The first-order valence-corrected chi connectivity index (χ1v) is 19.5. The van der Waals surface area contributed by atoms with Crippen molar-refractivity contribution < 1.29 is 4.42 Å². The Kier molecular flexibility index (Phi) is 7.78. The van der Waals surface area contributed by atoms with Crippen molar-refractivity contribution in [1.82, 2.24) is 19.5 Å². The Hall–Kier alpha value is -7.37. The number of hydrogen-bond donors (Lipinski definition) is 0. The molecule has 270 valence electrons. The molecule has 0 saturated heterocycles. The molecule has 57 heavy (non-hydrogen) atoms. The highest BCUT2D eigenvalue weighted by atomic mass is 16.3. The first-order chi connectivity index (χ1) is 28.1. The van der Waals surface area contributed by atoms with E-state index in [1.54, 1.807) is 0 Å². The van der Waals surface area contributed by atoms with E-state index >= 15 is 0 Å². The Morgan fingerprint density at radius 3 is 1.86 bits per heavy atom. The zero-order valence-corrected chi connectivity index (χ0v) is 31.3. The van der Waals surface area contributed by atoms with Gasteiger partial charge in [-0.2, -0.15) is 0 Å². The van der Waals surface area contributed by atoms with Crippen molar-refractivity contribution in [2.24, 2.45) is 5.92 Å². The summed E-state index contributed by atoms with van der Waals surface area (Å²) < 4.78 is 8.92. The number of nitrogens with zero attached hydrogens (tertiary/aromatic N) is 4. The second-order valence-electron chi connectivity index (χ2n) is 14.9. The smallest absolute Gasteiger partial charge is 0.164 e. The Morgan fingerprint density at radius 1 is 0.491 bits per heavy atom. The minimum Gasteiger partial charge on any atom is -0.456 e. The fraction of sp³-hybridized carbons (Fsp3) is 0.0577. The van der Waals surface area contributed by atoms with Crippen molar-refractivity contribution in [1.29, 1.82) is 0 Å². The molecule has 11 rings (SSSR count). The molecular formula is C52H36N4O. The minimum absolute atomic E-state index is 0.502. The van der Waals surface area contributed by atoms with Crippen molar-refractivity contribution >= 4 is 49.4 Å². The molecule has 7 aromatic carbocycles. The van der Waals surface area contributed by atoms with Gasteiger partial charge in [-0.15, -0.1) is 0 Å². The molecule has 5 nitrogen and oxygen atoms in total. The summed E-state index contributed by atoms with van der Waals surface area (Å²) in [6.07, 6.45) is 8.00. The first kappa shape index (κ1) is 33.0. The van der Waals surface area contributed by atoms with E-state index in [-0.39, 0.29) is 0 Å². The van der Waals surface area contributed by atoms with Crippen LogP contribution in [0.2, 0.25) is 0 Å². The molecule has 3 heterocycles. The van der Waals surface area contributed by atoms with Crippen LogP contribution in [0.4, 0.5) is 0 Å². The Balaban J connectivity index is 1.06. The summed E-state index contributed by atoms with van der Waals surface area (Å²) in [5.74, 6) is 2.33. The molecule has 0 aliphatic heterocycles. The lowest BCUT2D eigenvalue weighted by atomic mass is 9.99. The molecule has 0 spiro atoms. The molecule has 1 aliphatic carbocycles. The summed E-state index contributed by atoms with van der Waals surface area (Å²) in [7, 11) is 0. The molecule has 0 radical (unpaired) electrons. The third kappa shape index (κ3) is 5.75. The maximum atomic E-state index is 6.51. The van der Waals surface area contributed by atoms with E-state index in [4.69, 9.17) is 19.4 Å². The highest BCUT2D eigenvalue weighted by Gasteiger charge is 2.20. The van der Waals surface area contributed by atoms with Crippen LogP contribution in [-0.2, 0) is 0 Å². The van der Waals surface area contributed by atoms with Gasteiger partial charge in [-0.3, -0.25) is 0 Å². The van der Waals surface area contributed by atoms with Crippen LogP contribution in [0.15, 0.2) is 186 Å². The van der Waals surface area contributed by atoms with Crippen LogP contribution in [0, 0.1) is 5.92 Å². The Labute approximate surface area is 329 Å². The van der Waals surface area contributed by atoms with Gasteiger partial charge in [0, 0.05) is 43.9 Å². The summed E-state index contributed by atoms with van der Waals surface area (Å²) in [6.45, 7) is 2.28. The number of allylic oxidation sites excluding steroid dienone is 4. The minimum atomic E-state index is 0.502. The van der Waals surface area contributed by atoms with Crippen LogP contribution in [0.1, 0.15) is 13.3 Å². The topological polar surface area (TPSA) is 56.7 Å². The number of benzene rings is 7. The summed E-state index contributed by atoms with van der Waals surface area (Å²) in [6, 6.07) is 57.1. The molecule has 0 fully saturated rings. The normalized spacial score (nSPS) is 14.2. The van der Waals surface area contributed by atoms with E-state index in [0.717, 1.165) is 61.7 Å². The lowest BCUT2D eigenvalue weighted by molar-refractivity contribution is 0.669. The maximum Gasteiger partial charge on any atom is 0.164 e. The highest BCUT2D eigenvalue weighted by Crippen LogP contribution is 2.40. The van der Waals surface area contributed by atoms with Gasteiger partial charge in [0.15, 0.2) is 17.5 Å². The third-order valence-corrected chi connectivity index (χ3v) is 11.2. The molecular weight excluding hydrogens is 697 g/mol. The van der Waals surface area contributed by atoms with E-state index in [1.807, 2.05) is 48.5 Å². The molecule has 1 aliphatic rings. The highest BCUT2D eigenvalue weighted by molar-refractivity contribution is 6.14. The monoisotopic (exact) mass is 732 g/mol. The zero-order valence-electron chi connectivity index (χ0n) is 31.3. The molecule has 5 heteroatoms. The molecule has 10 aromatic rings. The van der Waals surface area contributed by atoms with Gasteiger partial charge in [-0.1, -0.05) is 146 Å². The fourth-order valence-corrected chi connectivity index (χ4v) is 8.38. The number of rotatable bonds is 6. The van der Waals surface area contributed by atoms with Crippen molar-refractivity contribution in [3.8, 4) is 56.4 Å². The number of fused-ring (bicyclic) bond motifs is 6. The second-order valence-corrected chi connectivity index (χ2v) is 14.9. The molecule has 0 N–H and O–H groups in total. The molecule has 3 aromatic heterocycles. The van der Waals surface area contributed by atoms with Gasteiger partial charge in [-0.25, -0.2) is 15.0 Å². The van der Waals surface area contributed by atoms with Gasteiger partial charge in [0.25, 0.3) is 0 Å². The molecule has 1 atom stereocenters. The first-order valence-electron chi connectivity index (χ1n) is 19.5. The van der Waals surface area contributed by atoms with Crippen LogP contribution < -0.4 is 0 Å². The van der Waals surface area contributed by atoms with Gasteiger partial charge >= 0.3 is 0 Å². The molecule has 1 unspecified atom stereocenters. The van der Waals surface area contributed by atoms with Gasteiger partial charge in [-0.05, 0) is 77.1 Å². The predicted octanol–water partition coefficient (Wildman–Crippen LogP) is 13.7. The zero-order chi connectivity index (χ0) is 37.9. The van der Waals surface area contributed by atoms with E-state index in [1.165, 1.54) is 33.1 Å². The van der Waals surface area contributed by atoms with Gasteiger partial charge in [0.05, 0.1) is 11.0 Å². The van der Waals surface area contributed by atoms with Crippen LogP contribution in [0.5, 0.6) is 0 Å². The van der Waals surface area contributed by atoms with E-state index < -0.39 is 0 Å². The van der Waals surface area contributed by atoms with Crippen molar-refractivity contribution in [3.05, 3.63) is 182 Å². The van der Waals surface area contributed by atoms with Crippen LogP contribution >= 0.6 is 0 Å². The third-order valence-electron chi connectivity index (χ3n) is 11.2. The quantitative estimate of drug-likeness (QED) is 0.171. The summed E-state index contributed by atoms with van der Waals surface area (Å²) in [5.41, 5.74) is 12.6. The van der Waals surface area contributed by atoms with Gasteiger partial charge in [0.1, 0.15) is 11.2 Å². The summed E-state index contributed by atoms with van der Waals surface area (Å²) in [5, 5.41) is 4.47. The molecule has 0 amide bonds. The summed E-state index contributed by atoms with van der Waals surface area (Å²) >= 11 is 0. The van der Waals surface area contributed by atoms with E-state index in [0.29, 0.717) is 23.4 Å². The Morgan fingerprint density at radius 2 is 1.09 bits per heavy atom. The average Bonchev–Trinajstić information content (AvgIpc) is 3.82. The number of aromatic nitrogens is 4. The van der Waals surface area contributed by atoms with E-state index in [2.05, 4.69) is 145 Å². The van der Waals surface area contributed by atoms with Gasteiger partial charge in [0.2, 0.25) is 0 Å². The number of para-hydroxylation sites is 1. The number of hydrogen-bond acceptors (Lipinski definition) is 4. The largest absolute Gasteiger partial charge is 0.456 e. The maximum absolute atomic E-state index is 6.51. The lowest BCUT2D eigenvalue weighted by Crippen LogP contribution is -2.01. The molecule has 0 bridgehead atoms. The van der Waals surface area contributed by atoms with Crippen LogP contribution in [0.3, 0.4) is 0 Å². The van der Waals surface area contributed by atoms with Crippen molar-refractivity contribution in [2.45, 2.75) is 13.3 Å². The summed E-state index contributed by atoms with van der Waals surface area (Å²) in [4.78, 5) is 15.3.